The molecule has 83 heavy (non-hydrogen) atoms. The van der Waals surface area contributed by atoms with Crippen molar-refractivity contribution in [2.24, 2.45) is 0 Å². The minimum Gasteiger partial charge on any atom is -0.479 e. The molecule has 6 unspecified atom stereocenters. The van der Waals surface area contributed by atoms with Crippen LogP contribution in [0.4, 0.5) is 0 Å². The summed E-state index contributed by atoms with van der Waals surface area (Å²) in [4.78, 5) is 51.2. The summed E-state index contributed by atoms with van der Waals surface area (Å²) in [6, 6.07) is 0. The Hall–Kier alpha value is -5.92. The van der Waals surface area contributed by atoms with E-state index < -0.39 is 73.9 Å². The molecule has 0 amide bonds. The van der Waals surface area contributed by atoms with Crippen molar-refractivity contribution >= 4 is 23.9 Å². The van der Waals surface area contributed by atoms with E-state index in [4.69, 9.17) is 23.7 Å². The predicted molar refractivity (Wildman–Crippen MR) is 339 cm³/mol. The third-order valence-electron chi connectivity index (χ3n) is 12.8. The Morgan fingerprint density at radius 3 is 1.27 bits per heavy atom. The summed E-state index contributed by atoms with van der Waals surface area (Å²) in [5.41, 5.74) is 0. The van der Waals surface area contributed by atoms with Crippen LogP contribution in [0.1, 0.15) is 201 Å². The number of aliphatic hydroxyl groups excluding tert-OH is 2. The van der Waals surface area contributed by atoms with E-state index in [2.05, 4.69) is 154 Å². The van der Waals surface area contributed by atoms with Gasteiger partial charge in [-0.2, -0.15) is 0 Å². The lowest BCUT2D eigenvalue weighted by Crippen LogP contribution is -2.61. The average molecular weight is 1150 g/mol. The number of allylic oxidation sites excluding steroid dienone is 27. The number of rotatable bonds is 50. The zero-order chi connectivity index (χ0) is 60.3. The van der Waals surface area contributed by atoms with Crippen LogP contribution in [0.5, 0.6) is 0 Å². The van der Waals surface area contributed by atoms with Crippen LogP contribution in [-0.4, -0.2) is 89.2 Å². The number of esters is 3. The van der Waals surface area contributed by atoms with Crippen LogP contribution < -0.4 is 0 Å². The van der Waals surface area contributed by atoms with Gasteiger partial charge >= 0.3 is 23.9 Å². The number of aliphatic hydroxyl groups is 2. The van der Waals surface area contributed by atoms with Crippen LogP contribution in [0, 0.1) is 0 Å². The van der Waals surface area contributed by atoms with Gasteiger partial charge in [-0.05, 0) is 122 Å². The first kappa shape index (κ1) is 75.1. The van der Waals surface area contributed by atoms with Crippen molar-refractivity contribution in [3.63, 3.8) is 0 Å². The summed E-state index contributed by atoms with van der Waals surface area (Å²) in [5, 5.41) is 31.5. The van der Waals surface area contributed by atoms with Gasteiger partial charge < -0.3 is 39.0 Å². The summed E-state index contributed by atoms with van der Waals surface area (Å²) >= 11 is 0. The maximum Gasteiger partial charge on any atom is 0.335 e. The second kappa shape index (κ2) is 56.6. The van der Waals surface area contributed by atoms with Gasteiger partial charge in [-0.25, -0.2) is 4.79 Å². The molecule has 0 aromatic heterocycles. The van der Waals surface area contributed by atoms with E-state index in [1.807, 2.05) is 30.4 Å². The Kier molecular flexibility index (Phi) is 51.2. The lowest BCUT2D eigenvalue weighted by Gasteiger charge is -2.40. The lowest BCUT2D eigenvalue weighted by molar-refractivity contribution is -0.301. The fourth-order valence-electron chi connectivity index (χ4n) is 8.12. The van der Waals surface area contributed by atoms with Gasteiger partial charge in [-0.15, -0.1) is 0 Å². The molecule has 1 aliphatic rings. The van der Waals surface area contributed by atoms with E-state index in [9.17, 15) is 34.5 Å². The summed E-state index contributed by atoms with van der Waals surface area (Å²) in [6.07, 6.45) is 72.1. The molecule has 0 aromatic carbocycles. The second-order valence-electron chi connectivity index (χ2n) is 20.2. The van der Waals surface area contributed by atoms with Gasteiger partial charge in [-0.3, -0.25) is 14.4 Å². The molecule has 0 spiro atoms. The van der Waals surface area contributed by atoms with Crippen molar-refractivity contribution in [2.75, 3.05) is 13.2 Å². The first-order chi connectivity index (χ1) is 40.6. The quantitative estimate of drug-likeness (QED) is 0.0228. The Morgan fingerprint density at radius 2 is 0.819 bits per heavy atom. The number of carbonyl (C=O) groups is 4. The molecule has 462 valence electrons. The van der Waals surface area contributed by atoms with Gasteiger partial charge in [0.2, 0.25) is 0 Å². The summed E-state index contributed by atoms with van der Waals surface area (Å²) in [6.45, 7) is 5.57. The molecule has 0 bridgehead atoms. The number of hydrogen-bond acceptors (Lipinski definition) is 11. The molecule has 6 atom stereocenters. The van der Waals surface area contributed by atoms with Crippen molar-refractivity contribution in [3.05, 3.63) is 170 Å². The molecule has 1 rings (SSSR count). The van der Waals surface area contributed by atoms with Crippen molar-refractivity contribution in [1.29, 1.82) is 0 Å². The van der Waals surface area contributed by atoms with E-state index >= 15 is 0 Å². The van der Waals surface area contributed by atoms with Crippen LogP contribution in [0.2, 0.25) is 0 Å². The molecule has 0 aliphatic carbocycles. The zero-order valence-corrected chi connectivity index (χ0v) is 50.9. The first-order valence-electron chi connectivity index (χ1n) is 31.1. The van der Waals surface area contributed by atoms with Gasteiger partial charge in [0.25, 0.3) is 0 Å². The smallest absolute Gasteiger partial charge is 0.335 e. The fraction of sp³-hybridized carbons (Fsp3) is 0.549. The SMILES string of the molecule is CC/C=C\C/C=C\C/C=C\C/C=C\C/C=C\C/C=C\CCC(=O)OCC(COC1OC(C(=O)O)C(O)C(O)C1OC(=O)CCCCCCCC/C=C\C/C=C\C/C=C\CCCCC)OC(=O)C/C=C\C/C=C\C/C=C\C/C=C\C/C=C\CC. The van der Waals surface area contributed by atoms with E-state index in [1.165, 1.54) is 19.3 Å². The topological polar surface area (TPSA) is 175 Å². The second-order valence-corrected chi connectivity index (χ2v) is 20.2. The Labute approximate surface area is 500 Å². The van der Waals surface area contributed by atoms with Crippen LogP contribution >= 0.6 is 0 Å². The van der Waals surface area contributed by atoms with E-state index in [-0.39, 0.29) is 19.3 Å². The highest BCUT2D eigenvalue weighted by Gasteiger charge is 2.50. The first-order valence-corrected chi connectivity index (χ1v) is 31.1. The maximum atomic E-state index is 13.1. The molecule has 12 heteroatoms. The normalized spacial score (nSPS) is 18.8. The molecule has 3 N–H and O–H groups in total. The van der Waals surface area contributed by atoms with Gasteiger partial charge in [0.15, 0.2) is 24.6 Å². The predicted octanol–water partition coefficient (Wildman–Crippen LogP) is 16.7. The number of unbranched alkanes of at least 4 members (excludes halogenated alkanes) is 9. The molecule has 12 nitrogen and oxygen atoms in total. The molecule has 1 heterocycles. The van der Waals surface area contributed by atoms with Crippen molar-refractivity contribution in [2.45, 2.75) is 237 Å². The molecule has 1 aliphatic heterocycles. The number of ether oxygens (including phenoxy) is 5. The van der Waals surface area contributed by atoms with E-state index in [0.717, 1.165) is 116 Å². The molecular formula is C71H106O12. The highest BCUT2D eigenvalue weighted by atomic mass is 16.7. The number of aliphatic carboxylic acids is 1. The standard InChI is InChI=1S/C71H106O12/c1-4-7-10-13-16-19-22-25-28-30-32-34-37-39-42-45-48-51-54-57-63(72)79-60-62(81-64(73)58-55-52-49-46-43-40-36-27-24-21-18-15-12-9-6-3)61-80-71-69(67(76)66(75)68(83-71)70(77)78)82-65(74)59-56-53-50-47-44-41-38-35-33-31-29-26-23-20-17-14-11-8-5-2/h7,9-10,12,16-21,25-29,32-36,39,42-43,46,48,51-52,55,62,66-69,71,75-76H,4-6,8,11,13-15,22-24,30-31,37-38,40-41,44-45,47,49-50,53-54,56-61H2,1-3H3,(H,77,78)/b10-7-,12-9-,19-16-,20-17-,21-18-,28-25-,29-26-,34-32-,35-33-,36-27-,42-39-,46-43-,51-48-,55-52-. The minimum atomic E-state index is -1.94. The van der Waals surface area contributed by atoms with Gasteiger partial charge in [0.05, 0.1) is 13.0 Å². The van der Waals surface area contributed by atoms with Crippen LogP contribution in [0.3, 0.4) is 0 Å². The average Bonchev–Trinajstić information content (AvgIpc) is 3.57. The highest BCUT2D eigenvalue weighted by molar-refractivity contribution is 5.74. The minimum absolute atomic E-state index is 0.0177. The Morgan fingerprint density at radius 1 is 0.422 bits per heavy atom. The summed E-state index contributed by atoms with van der Waals surface area (Å²) in [7, 11) is 0. The highest BCUT2D eigenvalue weighted by Crippen LogP contribution is 2.26. The summed E-state index contributed by atoms with van der Waals surface area (Å²) < 4.78 is 28.2. The molecule has 1 saturated heterocycles. The Bertz CT molecular complexity index is 2090. The number of carboxylic acids is 1. The van der Waals surface area contributed by atoms with E-state index in [0.29, 0.717) is 25.7 Å². The Balaban J connectivity index is 2.78. The lowest BCUT2D eigenvalue weighted by atomic mass is 9.98. The van der Waals surface area contributed by atoms with Crippen molar-refractivity contribution in [3.8, 4) is 0 Å². The van der Waals surface area contributed by atoms with Crippen molar-refractivity contribution < 1.29 is 58.2 Å². The number of carbonyl (C=O) groups excluding carboxylic acids is 3. The molecular weight excluding hydrogens is 1040 g/mol. The zero-order valence-electron chi connectivity index (χ0n) is 50.9. The third kappa shape index (κ3) is 46.2. The largest absolute Gasteiger partial charge is 0.479 e. The monoisotopic (exact) mass is 1150 g/mol. The number of carboxylic acid groups (broad SMARTS) is 1. The van der Waals surface area contributed by atoms with Crippen LogP contribution in [0.15, 0.2) is 170 Å². The van der Waals surface area contributed by atoms with Gasteiger partial charge in [0, 0.05) is 12.8 Å². The van der Waals surface area contributed by atoms with Crippen LogP contribution in [0.25, 0.3) is 0 Å². The van der Waals surface area contributed by atoms with E-state index in [1.54, 1.807) is 6.08 Å². The van der Waals surface area contributed by atoms with Crippen molar-refractivity contribution in [1.82, 2.24) is 0 Å². The third-order valence-corrected chi connectivity index (χ3v) is 12.8. The van der Waals surface area contributed by atoms with Gasteiger partial charge in [0.1, 0.15) is 18.8 Å². The molecule has 1 fully saturated rings. The summed E-state index contributed by atoms with van der Waals surface area (Å²) in [5.74, 6) is -3.45. The number of hydrogen-bond donors (Lipinski definition) is 3. The van der Waals surface area contributed by atoms with Crippen LogP contribution in [-0.2, 0) is 42.9 Å². The van der Waals surface area contributed by atoms with Gasteiger partial charge in [-0.1, -0.05) is 229 Å². The fourth-order valence-corrected chi connectivity index (χ4v) is 8.12. The molecule has 0 radical (unpaired) electrons. The molecule has 0 saturated carbocycles. The molecule has 0 aromatic rings. The maximum absolute atomic E-state index is 13.1.